The Hall–Kier alpha value is -3.35. The maximum Gasteiger partial charge on any atom is 0.274 e. The van der Waals surface area contributed by atoms with E-state index < -0.39 is 11.7 Å². The molecule has 1 aromatic heterocycles. The monoisotopic (exact) mass is 354 g/mol. The maximum absolute atomic E-state index is 13.7. The molecule has 0 bridgehead atoms. The Balaban J connectivity index is 1.74. The molecule has 2 aromatic carbocycles. The smallest absolute Gasteiger partial charge is 0.274 e. The second-order valence-electron chi connectivity index (χ2n) is 5.60. The van der Waals surface area contributed by atoms with Crippen molar-refractivity contribution in [1.82, 2.24) is 9.97 Å². The van der Waals surface area contributed by atoms with E-state index in [1.165, 1.54) is 30.3 Å². The molecule has 0 fully saturated rings. The van der Waals surface area contributed by atoms with Crippen LogP contribution in [0.1, 0.15) is 21.9 Å². The second-order valence-corrected chi connectivity index (χ2v) is 5.60. The first kappa shape index (κ1) is 17.5. The number of anilines is 2. The summed E-state index contributed by atoms with van der Waals surface area (Å²) < 4.78 is 26.9. The molecule has 1 heterocycles. The van der Waals surface area contributed by atoms with Crippen LogP contribution in [0.15, 0.2) is 54.6 Å². The average Bonchev–Trinajstić information content (AvgIpc) is 2.60. The number of aryl methyl sites for hydroxylation is 1. The van der Waals surface area contributed by atoms with Gasteiger partial charge in [0.1, 0.15) is 29.0 Å². The summed E-state index contributed by atoms with van der Waals surface area (Å²) in [6.45, 7) is 1.86. The zero-order valence-electron chi connectivity index (χ0n) is 14.0. The Kier molecular flexibility index (Phi) is 5.17. The first-order valence-corrected chi connectivity index (χ1v) is 7.91. The highest BCUT2D eigenvalue weighted by Gasteiger charge is 2.12. The van der Waals surface area contributed by atoms with E-state index in [0.29, 0.717) is 22.9 Å². The molecule has 0 aliphatic carbocycles. The van der Waals surface area contributed by atoms with Crippen LogP contribution in [0.25, 0.3) is 0 Å². The van der Waals surface area contributed by atoms with Gasteiger partial charge in [0.15, 0.2) is 0 Å². The van der Waals surface area contributed by atoms with Gasteiger partial charge >= 0.3 is 0 Å². The van der Waals surface area contributed by atoms with Gasteiger partial charge in [0.2, 0.25) is 0 Å². The van der Waals surface area contributed by atoms with Crippen LogP contribution in [0.5, 0.6) is 0 Å². The Bertz CT molecular complexity index is 946. The van der Waals surface area contributed by atoms with Gasteiger partial charge in [0.05, 0.1) is 0 Å². The van der Waals surface area contributed by atoms with Crippen LogP contribution in [-0.4, -0.2) is 15.9 Å². The molecular weight excluding hydrogens is 338 g/mol. The number of hydrogen-bond acceptors (Lipinski definition) is 4. The molecule has 2 N–H and O–H groups in total. The summed E-state index contributed by atoms with van der Waals surface area (Å²) in [5.74, 6) is -0.489. The Morgan fingerprint density at radius 2 is 1.85 bits per heavy atom. The number of hydrogen-bond donors (Lipinski definition) is 2. The standard InChI is InChI=1S/C19H16F2N4O/c1-12-23-17(19(26)25-15-7-4-6-14(20)9-15)10-18(24-12)22-11-13-5-2-3-8-16(13)21/h2-10H,11H2,1H3,(H,25,26)(H,22,23,24). The molecule has 5 nitrogen and oxygen atoms in total. The van der Waals surface area contributed by atoms with Gasteiger partial charge in [0.25, 0.3) is 5.91 Å². The second kappa shape index (κ2) is 7.69. The molecule has 0 radical (unpaired) electrons. The van der Waals surface area contributed by atoms with Gasteiger partial charge in [-0.2, -0.15) is 0 Å². The van der Waals surface area contributed by atoms with Gasteiger partial charge in [0, 0.05) is 23.9 Å². The summed E-state index contributed by atoms with van der Waals surface area (Å²) in [7, 11) is 0. The van der Waals surface area contributed by atoms with E-state index >= 15 is 0 Å². The minimum absolute atomic E-state index is 0.123. The minimum Gasteiger partial charge on any atom is -0.366 e. The lowest BCUT2D eigenvalue weighted by atomic mass is 10.2. The summed E-state index contributed by atoms with van der Waals surface area (Å²) in [6.07, 6.45) is 0. The molecule has 3 aromatic rings. The largest absolute Gasteiger partial charge is 0.366 e. The molecule has 0 spiro atoms. The van der Waals surface area contributed by atoms with E-state index in [1.54, 1.807) is 31.2 Å². The third-order valence-corrected chi connectivity index (χ3v) is 3.57. The van der Waals surface area contributed by atoms with Crippen molar-refractivity contribution in [1.29, 1.82) is 0 Å². The third-order valence-electron chi connectivity index (χ3n) is 3.57. The van der Waals surface area contributed by atoms with E-state index in [9.17, 15) is 13.6 Å². The van der Waals surface area contributed by atoms with Gasteiger partial charge in [-0.25, -0.2) is 18.7 Å². The molecule has 0 unspecified atom stereocenters. The molecule has 7 heteroatoms. The van der Waals surface area contributed by atoms with E-state index in [-0.39, 0.29) is 18.1 Å². The molecule has 0 aliphatic rings. The fraction of sp³-hybridized carbons (Fsp3) is 0.105. The van der Waals surface area contributed by atoms with E-state index in [2.05, 4.69) is 20.6 Å². The van der Waals surface area contributed by atoms with Crippen LogP contribution in [-0.2, 0) is 6.54 Å². The van der Waals surface area contributed by atoms with Crippen molar-refractivity contribution in [2.45, 2.75) is 13.5 Å². The van der Waals surface area contributed by atoms with Crippen LogP contribution in [0.3, 0.4) is 0 Å². The minimum atomic E-state index is -0.491. The van der Waals surface area contributed by atoms with Crippen molar-refractivity contribution in [2.24, 2.45) is 0 Å². The highest BCUT2D eigenvalue weighted by atomic mass is 19.1. The summed E-state index contributed by atoms with van der Waals surface area (Å²) >= 11 is 0. The van der Waals surface area contributed by atoms with Gasteiger partial charge in [-0.1, -0.05) is 24.3 Å². The predicted molar refractivity (Wildman–Crippen MR) is 94.8 cm³/mol. The fourth-order valence-electron chi connectivity index (χ4n) is 2.36. The SMILES string of the molecule is Cc1nc(NCc2ccccc2F)cc(C(=O)Nc2cccc(F)c2)n1. The number of nitrogens with one attached hydrogen (secondary N) is 2. The molecule has 3 rings (SSSR count). The summed E-state index contributed by atoms with van der Waals surface area (Å²) in [5, 5.41) is 5.56. The third kappa shape index (κ3) is 4.38. The van der Waals surface area contributed by atoms with E-state index in [0.717, 1.165) is 0 Å². The average molecular weight is 354 g/mol. The molecule has 1 amide bonds. The molecule has 0 aliphatic heterocycles. The van der Waals surface area contributed by atoms with Gasteiger partial charge < -0.3 is 10.6 Å². The Labute approximate surface area is 149 Å². The topological polar surface area (TPSA) is 66.9 Å². The lowest BCUT2D eigenvalue weighted by molar-refractivity contribution is 0.102. The first-order valence-electron chi connectivity index (χ1n) is 7.91. The first-order chi connectivity index (χ1) is 12.5. The van der Waals surface area contributed by atoms with Gasteiger partial charge in [-0.15, -0.1) is 0 Å². The fourth-order valence-corrected chi connectivity index (χ4v) is 2.36. The van der Waals surface area contributed by atoms with Gasteiger partial charge in [-0.3, -0.25) is 4.79 Å². The summed E-state index contributed by atoms with van der Waals surface area (Å²) in [5.41, 5.74) is 0.930. The predicted octanol–water partition coefficient (Wildman–Crippen LogP) is 3.93. The number of amides is 1. The number of rotatable bonds is 5. The molecule has 132 valence electrons. The lowest BCUT2D eigenvalue weighted by Crippen LogP contribution is -2.16. The number of carbonyl (C=O) groups excluding carboxylic acids is 1. The van der Waals surface area contributed by atoms with Crippen molar-refractivity contribution in [3.05, 3.63) is 83.3 Å². The van der Waals surface area contributed by atoms with E-state index in [1.807, 2.05) is 0 Å². The molecule has 0 atom stereocenters. The van der Waals surface area contributed by atoms with Crippen molar-refractivity contribution < 1.29 is 13.6 Å². The molecule has 0 saturated heterocycles. The zero-order chi connectivity index (χ0) is 18.5. The number of carbonyl (C=O) groups is 1. The van der Waals surface area contributed by atoms with Crippen LogP contribution in [0.4, 0.5) is 20.3 Å². The normalized spacial score (nSPS) is 10.4. The van der Waals surface area contributed by atoms with Crippen molar-refractivity contribution in [3.8, 4) is 0 Å². The number of aromatic nitrogens is 2. The number of halogens is 2. The molecular formula is C19H16F2N4O. The van der Waals surface area contributed by atoms with E-state index in [4.69, 9.17) is 0 Å². The van der Waals surface area contributed by atoms with Crippen molar-refractivity contribution >= 4 is 17.4 Å². The van der Waals surface area contributed by atoms with Gasteiger partial charge in [-0.05, 0) is 31.2 Å². The summed E-state index contributed by atoms with van der Waals surface area (Å²) in [6, 6.07) is 13.4. The summed E-state index contributed by atoms with van der Waals surface area (Å²) in [4.78, 5) is 20.6. The van der Waals surface area contributed by atoms with Crippen molar-refractivity contribution in [2.75, 3.05) is 10.6 Å². The Morgan fingerprint density at radius 3 is 2.62 bits per heavy atom. The van der Waals surface area contributed by atoms with Crippen molar-refractivity contribution in [3.63, 3.8) is 0 Å². The maximum atomic E-state index is 13.7. The Morgan fingerprint density at radius 1 is 1.04 bits per heavy atom. The number of nitrogens with zero attached hydrogens (tertiary/aromatic N) is 2. The van der Waals surface area contributed by atoms with Crippen LogP contribution >= 0.6 is 0 Å². The molecule has 26 heavy (non-hydrogen) atoms. The molecule has 0 saturated carbocycles. The lowest BCUT2D eigenvalue weighted by Gasteiger charge is -2.10. The highest BCUT2D eigenvalue weighted by Crippen LogP contribution is 2.14. The van der Waals surface area contributed by atoms with Crippen LogP contribution < -0.4 is 10.6 Å². The highest BCUT2D eigenvalue weighted by molar-refractivity contribution is 6.03. The quantitative estimate of drug-likeness (QED) is 0.729. The van der Waals surface area contributed by atoms with Crippen LogP contribution in [0.2, 0.25) is 0 Å². The van der Waals surface area contributed by atoms with Crippen LogP contribution in [0, 0.1) is 18.6 Å². The number of benzene rings is 2. The zero-order valence-corrected chi connectivity index (χ0v) is 14.0.